The van der Waals surface area contributed by atoms with E-state index < -0.39 is 36.0 Å². The van der Waals surface area contributed by atoms with Gasteiger partial charge in [0, 0.05) is 6.54 Å². The summed E-state index contributed by atoms with van der Waals surface area (Å²) in [5.41, 5.74) is 1.15. The number of rotatable bonds is 6. The summed E-state index contributed by atoms with van der Waals surface area (Å²) in [6.45, 7) is 3.13. The highest BCUT2D eigenvalue weighted by atomic mass is 16.3. The molecule has 1 fully saturated rings. The van der Waals surface area contributed by atoms with E-state index in [0.717, 1.165) is 10.5 Å². The summed E-state index contributed by atoms with van der Waals surface area (Å²) in [7, 11) is 0. The molecule has 3 rings (SSSR count). The number of benzene rings is 2. The van der Waals surface area contributed by atoms with E-state index in [2.05, 4.69) is 10.6 Å². The second-order valence-electron chi connectivity index (χ2n) is 7.04. The van der Waals surface area contributed by atoms with Crippen LogP contribution < -0.4 is 10.6 Å². The lowest BCUT2D eigenvalue weighted by Gasteiger charge is -2.22. The van der Waals surface area contributed by atoms with Gasteiger partial charge in [-0.3, -0.25) is 14.5 Å². The third-order valence-corrected chi connectivity index (χ3v) is 4.88. The fourth-order valence-electron chi connectivity index (χ4n) is 3.13. The third-order valence-electron chi connectivity index (χ3n) is 4.88. The van der Waals surface area contributed by atoms with Crippen molar-refractivity contribution in [1.82, 2.24) is 15.5 Å². The van der Waals surface area contributed by atoms with Gasteiger partial charge in [-0.15, -0.1) is 0 Å². The van der Waals surface area contributed by atoms with Crippen molar-refractivity contribution in [2.24, 2.45) is 0 Å². The molecule has 4 amide bonds. The molecule has 0 spiro atoms. The van der Waals surface area contributed by atoms with E-state index in [9.17, 15) is 19.5 Å². The van der Waals surface area contributed by atoms with Gasteiger partial charge in [-0.05, 0) is 25.0 Å². The van der Waals surface area contributed by atoms with Crippen LogP contribution in [0.4, 0.5) is 4.79 Å². The van der Waals surface area contributed by atoms with Crippen molar-refractivity contribution in [1.29, 1.82) is 0 Å². The average molecular weight is 381 g/mol. The zero-order valence-electron chi connectivity index (χ0n) is 15.8. The van der Waals surface area contributed by atoms with Gasteiger partial charge in [0.1, 0.15) is 12.1 Å². The molecule has 1 aliphatic rings. The fraction of sp³-hybridized carbons (Fsp3) is 0.286. The summed E-state index contributed by atoms with van der Waals surface area (Å²) in [4.78, 5) is 38.2. The molecule has 146 valence electrons. The largest absolute Gasteiger partial charge is 0.387 e. The Balaban J connectivity index is 1.62. The number of carbonyl (C=O) groups is 3. The molecule has 28 heavy (non-hydrogen) atoms. The van der Waals surface area contributed by atoms with Crippen LogP contribution in [0.25, 0.3) is 0 Å². The van der Waals surface area contributed by atoms with Crippen LogP contribution in [0, 0.1) is 6.92 Å². The molecule has 3 N–H and O–H groups in total. The minimum Gasteiger partial charge on any atom is -0.387 e. The first-order valence-electron chi connectivity index (χ1n) is 9.02. The minimum atomic E-state index is -1.21. The number of aliphatic hydroxyl groups excluding tert-OH is 1. The van der Waals surface area contributed by atoms with Crippen LogP contribution in [-0.2, 0) is 15.1 Å². The number of carbonyl (C=O) groups excluding carboxylic acids is 3. The van der Waals surface area contributed by atoms with Crippen LogP contribution in [0.3, 0.4) is 0 Å². The topological polar surface area (TPSA) is 98.7 Å². The van der Waals surface area contributed by atoms with Gasteiger partial charge < -0.3 is 15.7 Å². The zero-order valence-corrected chi connectivity index (χ0v) is 15.8. The summed E-state index contributed by atoms with van der Waals surface area (Å²) < 4.78 is 0. The molecule has 1 saturated heterocycles. The van der Waals surface area contributed by atoms with Gasteiger partial charge in [-0.25, -0.2) is 4.79 Å². The van der Waals surface area contributed by atoms with Crippen molar-refractivity contribution in [2.75, 3.05) is 13.1 Å². The number of hydrogen-bond donors (Lipinski definition) is 3. The van der Waals surface area contributed by atoms with E-state index in [0.29, 0.717) is 11.1 Å². The third kappa shape index (κ3) is 3.89. The SMILES string of the molecule is Cc1ccc(C2(C)NC(=O)N(CC(=O)NCC(O)c3ccccc3)C2=O)cc1. The molecule has 2 aromatic carbocycles. The first kappa shape index (κ1) is 19.6. The molecule has 7 nitrogen and oxygen atoms in total. The van der Waals surface area contributed by atoms with Crippen LogP contribution >= 0.6 is 0 Å². The molecular weight excluding hydrogens is 358 g/mol. The van der Waals surface area contributed by atoms with Crippen LogP contribution in [0.15, 0.2) is 54.6 Å². The Hall–Kier alpha value is -3.19. The Labute approximate surface area is 163 Å². The maximum absolute atomic E-state index is 12.8. The molecule has 2 atom stereocenters. The highest BCUT2D eigenvalue weighted by Crippen LogP contribution is 2.28. The lowest BCUT2D eigenvalue weighted by Crippen LogP contribution is -2.43. The molecule has 0 bridgehead atoms. The van der Waals surface area contributed by atoms with E-state index in [1.54, 1.807) is 43.3 Å². The van der Waals surface area contributed by atoms with E-state index in [1.165, 1.54) is 0 Å². The second-order valence-corrected chi connectivity index (χ2v) is 7.04. The molecule has 0 saturated carbocycles. The average Bonchev–Trinajstić information content (AvgIpc) is 2.91. The van der Waals surface area contributed by atoms with Crippen molar-refractivity contribution in [3.63, 3.8) is 0 Å². The molecule has 2 aromatic rings. The van der Waals surface area contributed by atoms with E-state index in [-0.39, 0.29) is 6.54 Å². The summed E-state index contributed by atoms with van der Waals surface area (Å²) in [5, 5.41) is 15.3. The Kier molecular flexibility index (Phi) is 5.46. The predicted molar refractivity (Wildman–Crippen MR) is 103 cm³/mol. The summed E-state index contributed by atoms with van der Waals surface area (Å²) in [6, 6.07) is 15.6. The lowest BCUT2D eigenvalue weighted by atomic mass is 9.91. The number of imide groups is 1. The maximum Gasteiger partial charge on any atom is 0.325 e. The highest BCUT2D eigenvalue weighted by molar-refractivity contribution is 6.09. The molecule has 7 heteroatoms. The summed E-state index contributed by atoms with van der Waals surface area (Å²) in [5.74, 6) is -1.01. The Morgan fingerprint density at radius 3 is 2.43 bits per heavy atom. The van der Waals surface area contributed by atoms with Gasteiger partial charge >= 0.3 is 6.03 Å². The van der Waals surface area contributed by atoms with Gasteiger partial charge in [0.15, 0.2) is 0 Å². The minimum absolute atomic E-state index is 0.0122. The number of hydrogen-bond acceptors (Lipinski definition) is 4. The van der Waals surface area contributed by atoms with Crippen molar-refractivity contribution in [2.45, 2.75) is 25.5 Å². The van der Waals surface area contributed by atoms with E-state index in [4.69, 9.17) is 0 Å². The normalized spacial score (nSPS) is 20.0. The van der Waals surface area contributed by atoms with Crippen LogP contribution in [0.1, 0.15) is 29.7 Å². The second kappa shape index (κ2) is 7.82. The molecule has 0 radical (unpaired) electrons. The molecule has 1 aliphatic heterocycles. The molecular formula is C21H23N3O4. The van der Waals surface area contributed by atoms with Crippen LogP contribution in [-0.4, -0.2) is 40.9 Å². The lowest BCUT2D eigenvalue weighted by molar-refractivity contribution is -0.134. The number of urea groups is 1. The quantitative estimate of drug-likeness (QED) is 0.662. The number of aliphatic hydroxyl groups is 1. The van der Waals surface area contributed by atoms with Crippen LogP contribution in [0.2, 0.25) is 0 Å². The van der Waals surface area contributed by atoms with Crippen LogP contribution in [0.5, 0.6) is 0 Å². The molecule has 1 heterocycles. The van der Waals surface area contributed by atoms with Crippen molar-refractivity contribution < 1.29 is 19.5 Å². The molecule has 0 aliphatic carbocycles. The van der Waals surface area contributed by atoms with E-state index in [1.807, 2.05) is 25.1 Å². The number of amides is 4. The monoisotopic (exact) mass is 381 g/mol. The molecule has 2 unspecified atom stereocenters. The zero-order chi connectivity index (χ0) is 20.3. The Morgan fingerprint density at radius 2 is 1.79 bits per heavy atom. The van der Waals surface area contributed by atoms with Gasteiger partial charge in [-0.2, -0.15) is 0 Å². The van der Waals surface area contributed by atoms with E-state index >= 15 is 0 Å². The van der Waals surface area contributed by atoms with Gasteiger partial charge in [0.2, 0.25) is 5.91 Å². The van der Waals surface area contributed by atoms with Gasteiger partial charge in [0.05, 0.1) is 6.10 Å². The van der Waals surface area contributed by atoms with Crippen molar-refractivity contribution in [3.8, 4) is 0 Å². The summed E-state index contributed by atoms with van der Waals surface area (Å²) >= 11 is 0. The Morgan fingerprint density at radius 1 is 1.14 bits per heavy atom. The predicted octanol–water partition coefficient (Wildman–Crippen LogP) is 1.61. The highest BCUT2D eigenvalue weighted by Gasteiger charge is 2.49. The fourth-order valence-corrected chi connectivity index (χ4v) is 3.13. The molecule has 0 aromatic heterocycles. The maximum atomic E-state index is 12.8. The first-order chi connectivity index (χ1) is 13.3. The number of nitrogens with zero attached hydrogens (tertiary/aromatic N) is 1. The Bertz CT molecular complexity index is 882. The van der Waals surface area contributed by atoms with Crippen molar-refractivity contribution >= 4 is 17.8 Å². The number of nitrogens with one attached hydrogen (secondary N) is 2. The smallest absolute Gasteiger partial charge is 0.325 e. The first-order valence-corrected chi connectivity index (χ1v) is 9.02. The number of aryl methyl sites for hydroxylation is 1. The van der Waals surface area contributed by atoms with Crippen molar-refractivity contribution in [3.05, 3.63) is 71.3 Å². The van der Waals surface area contributed by atoms with Gasteiger partial charge in [-0.1, -0.05) is 60.2 Å². The summed E-state index contributed by atoms with van der Waals surface area (Å²) in [6.07, 6.45) is -0.869. The van der Waals surface area contributed by atoms with Gasteiger partial charge in [0.25, 0.3) is 5.91 Å². The standard InChI is InChI=1S/C21H23N3O4/c1-14-8-10-16(11-9-14)21(2)19(27)24(20(28)23-21)13-18(26)22-12-17(25)15-6-4-3-5-7-15/h3-11,17,25H,12-13H2,1-2H3,(H,22,26)(H,23,28).